The highest BCUT2D eigenvalue weighted by molar-refractivity contribution is 7.13. The van der Waals surface area contributed by atoms with Crippen molar-refractivity contribution >= 4 is 17.3 Å². The first-order valence-electron chi connectivity index (χ1n) is 5.63. The second-order valence-corrected chi connectivity index (χ2v) is 5.17. The Morgan fingerprint density at radius 2 is 1.95 bits per heavy atom. The summed E-state index contributed by atoms with van der Waals surface area (Å²) in [6.07, 6.45) is -4.66. The largest absolute Gasteiger partial charge is 0.457 e. The summed E-state index contributed by atoms with van der Waals surface area (Å²) in [6, 6.07) is 8.73. The van der Waals surface area contributed by atoms with Gasteiger partial charge in [0.2, 0.25) is 0 Å². The zero-order chi connectivity index (χ0) is 14.8. The van der Waals surface area contributed by atoms with Crippen LogP contribution >= 0.6 is 11.3 Å². The van der Waals surface area contributed by atoms with Crippen LogP contribution < -0.4 is 0 Å². The van der Waals surface area contributed by atoms with Gasteiger partial charge < -0.3 is 4.74 Å². The van der Waals surface area contributed by atoms with Crippen LogP contribution in [0.3, 0.4) is 0 Å². The molecule has 106 valence electrons. The number of carbonyl (C=O) groups excluding carboxylic acids is 1. The van der Waals surface area contributed by atoms with E-state index >= 15 is 0 Å². The molecule has 0 fully saturated rings. The lowest BCUT2D eigenvalue weighted by Gasteiger charge is -2.06. The van der Waals surface area contributed by atoms with Gasteiger partial charge in [-0.2, -0.15) is 13.2 Å². The van der Waals surface area contributed by atoms with Crippen molar-refractivity contribution in [2.75, 3.05) is 0 Å². The van der Waals surface area contributed by atoms with E-state index in [0.717, 1.165) is 0 Å². The molecule has 0 atom stereocenters. The van der Waals surface area contributed by atoms with E-state index in [2.05, 4.69) is 4.98 Å². The first kappa shape index (κ1) is 14.5. The van der Waals surface area contributed by atoms with Gasteiger partial charge in [0, 0.05) is 0 Å². The fraction of sp³-hybridized carbons (Fsp3) is 0.231. The van der Waals surface area contributed by atoms with Crippen molar-refractivity contribution < 1.29 is 22.7 Å². The Labute approximate surface area is 117 Å². The van der Waals surface area contributed by atoms with Crippen LogP contribution in [0.1, 0.15) is 25.9 Å². The third kappa shape index (κ3) is 3.36. The molecule has 0 amide bonds. The molecule has 7 heteroatoms. The molecule has 0 saturated heterocycles. The normalized spacial score (nSPS) is 11.4. The Bertz CT molecular complexity index is 608. The summed E-state index contributed by atoms with van der Waals surface area (Å²) < 4.78 is 43.1. The fourth-order valence-electron chi connectivity index (χ4n) is 1.55. The predicted octanol–water partition coefficient (Wildman–Crippen LogP) is 3.83. The zero-order valence-corrected chi connectivity index (χ0v) is 11.2. The third-order valence-electron chi connectivity index (χ3n) is 2.40. The van der Waals surface area contributed by atoms with Crippen molar-refractivity contribution in [2.24, 2.45) is 0 Å². The first-order valence-corrected chi connectivity index (χ1v) is 6.45. The van der Waals surface area contributed by atoms with Gasteiger partial charge in [-0.3, -0.25) is 0 Å². The van der Waals surface area contributed by atoms with Crippen LogP contribution in [0, 0.1) is 6.92 Å². The molecule has 20 heavy (non-hydrogen) atoms. The Hall–Kier alpha value is -1.89. The number of benzene rings is 1. The fourth-order valence-corrected chi connectivity index (χ4v) is 2.38. The predicted molar refractivity (Wildman–Crippen MR) is 67.4 cm³/mol. The van der Waals surface area contributed by atoms with Gasteiger partial charge in [-0.25, -0.2) is 9.78 Å². The lowest BCUT2D eigenvalue weighted by molar-refractivity contribution is -0.141. The summed E-state index contributed by atoms with van der Waals surface area (Å²) >= 11 is 0.679. The van der Waals surface area contributed by atoms with Crippen LogP contribution in [0.2, 0.25) is 0 Å². The number of aromatic nitrogens is 1. The minimum atomic E-state index is -4.66. The Morgan fingerprint density at radius 1 is 1.30 bits per heavy atom. The van der Waals surface area contributed by atoms with Crippen LogP contribution in [-0.2, 0) is 17.5 Å². The summed E-state index contributed by atoms with van der Waals surface area (Å²) in [5.74, 6) is -1.01. The van der Waals surface area contributed by atoms with Gasteiger partial charge in [0.15, 0.2) is 5.69 Å². The smallest absolute Gasteiger partial charge is 0.435 e. The van der Waals surface area contributed by atoms with Crippen molar-refractivity contribution in [1.29, 1.82) is 0 Å². The highest BCUT2D eigenvalue weighted by atomic mass is 32.1. The van der Waals surface area contributed by atoms with Crippen LogP contribution in [0.15, 0.2) is 30.3 Å². The summed E-state index contributed by atoms with van der Waals surface area (Å²) in [5, 5.41) is 0.170. The molecule has 0 saturated carbocycles. The van der Waals surface area contributed by atoms with Crippen LogP contribution in [0.4, 0.5) is 13.2 Å². The highest BCUT2D eigenvalue weighted by Gasteiger charge is 2.39. The van der Waals surface area contributed by atoms with E-state index in [0.29, 0.717) is 16.9 Å². The number of thiazole rings is 1. The molecule has 1 aromatic heterocycles. The molecule has 0 unspecified atom stereocenters. The second-order valence-electron chi connectivity index (χ2n) is 3.97. The van der Waals surface area contributed by atoms with Gasteiger partial charge in [-0.15, -0.1) is 11.3 Å². The average molecular weight is 301 g/mol. The third-order valence-corrected chi connectivity index (χ3v) is 3.35. The van der Waals surface area contributed by atoms with Gasteiger partial charge in [0.05, 0.1) is 5.01 Å². The SMILES string of the molecule is Cc1nc(C(F)(F)F)c(C(=O)OCc2ccccc2)s1. The van der Waals surface area contributed by atoms with Crippen LogP contribution in [-0.4, -0.2) is 11.0 Å². The summed E-state index contributed by atoms with van der Waals surface area (Å²) in [4.78, 5) is 14.6. The Morgan fingerprint density at radius 3 is 2.55 bits per heavy atom. The van der Waals surface area contributed by atoms with Crippen molar-refractivity contribution in [3.63, 3.8) is 0 Å². The number of esters is 1. The maximum Gasteiger partial charge on any atom is 0.435 e. The zero-order valence-electron chi connectivity index (χ0n) is 10.4. The van der Waals surface area contributed by atoms with Gasteiger partial charge in [-0.1, -0.05) is 30.3 Å². The van der Waals surface area contributed by atoms with Crippen LogP contribution in [0.5, 0.6) is 0 Å². The highest BCUT2D eigenvalue weighted by Crippen LogP contribution is 2.34. The standard InChI is InChI=1S/C13H10F3NO2S/c1-8-17-11(13(14,15)16)10(20-8)12(18)19-7-9-5-3-2-4-6-9/h2-6H,7H2,1H3. The van der Waals surface area contributed by atoms with E-state index in [1.165, 1.54) is 6.92 Å². The number of hydrogen-bond acceptors (Lipinski definition) is 4. The molecular formula is C13H10F3NO2S. The maximum absolute atomic E-state index is 12.7. The van der Waals surface area contributed by atoms with E-state index < -0.39 is 22.7 Å². The van der Waals surface area contributed by atoms with Crippen molar-refractivity contribution in [1.82, 2.24) is 4.98 Å². The van der Waals surface area contributed by atoms with Crippen molar-refractivity contribution in [3.05, 3.63) is 51.5 Å². The number of hydrogen-bond donors (Lipinski definition) is 0. The monoisotopic (exact) mass is 301 g/mol. The molecule has 1 aromatic carbocycles. The molecule has 1 heterocycles. The number of nitrogens with zero attached hydrogens (tertiary/aromatic N) is 1. The number of halogens is 3. The molecule has 0 aliphatic rings. The van der Waals surface area contributed by atoms with E-state index in [1.54, 1.807) is 30.3 Å². The molecule has 2 aromatic rings. The Balaban J connectivity index is 2.14. The Kier molecular flexibility index (Phi) is 4.08. The van der Waals surface area contributed by atoms with E-state index in [9.17, 15) is 18.0 Å². The molecule has 0 bridgehead atoms. The summed E-state index contributed by atoms with van der Waals surface area (Å²) in [7, 11) is 0. The minimum Gasteiger partial charge on any atom is -0.457 e. The molecule has 0 radical (unpaired) electrons. The molecule has 0 N–H and O–H groups in total. The topological polar surface area (TPSA) is 39.2 Å². The molecule has 0 spiro atoms. The first-order chi connectivity index (χ1) is 9.38. The van der Waals surface area contributed by atoms with E-state index in [1.807, 2.05) is 0 Å². The van der Waals surface area contributed by atoms with E-state index in [-0.39, 0.29) is 11.6 Å². The molecule has 0 aliphatic carbocycles. The van der Waals surface area contributed by atoms with Gasteiger partial charge in [0.1, 0.15) is 11.5 Å². The van der Waals surface area contributed by atoms with E-state index in [4.69, 9.17) is 4.74 Å². The molecule has 2 rings (SSSR count). The second kappa shape index (κ2) is 5.62. The molecule has 0 aliphatic heterocycles. The lowest BCUT2D eigenvalue weighted by atomic mass is 10.2. The van der Waals surface area contributed by atoms with Gasteiger partial charge in [0.25, 0.3) is 0 Å². The van der Waals surface area contributed by atoms with Crippen molar-refractivity contribution in [2.45, 2.75) is 19.7 Å². The maximum atomic E-state index is 12.7. The van der Waals surface area contributed by atoms with Crippen LogP contribution in [0.25, 0.3) is 0 Å². The summed E-state index contributed by atoms with van der Waals surface area (Å²) in [6.45, 7) is 1.34. The van der Waals surface area contributed by atoms with Crippen molar-refractivity contribution in [3.8, 4) is 0 Å². The number of rotatable bonds is 3. The number of aryl methyl sites for hydroxylation is 1. The minimum absolute atomic E-state index is 0.0755. The lowest BCUT2D eigenvalue weighted by Crippen LogP contribution is -2.13. The average Bonchev–Trinajstić information content (AvgIpc) is 2.79. The molecule has 3 nitrogen and oxygen atoms in total. The number of carbonyl (C=O) groups is 1. The summed E-state index contributed by atoms with van der Waals surface area (Å²) in [5.41, 5.74) is -0.478. The van der Waals surface area contributed by atoms with Gasteiger partial charge in [-0.05, 0) is 12.5 Å². The van der Waals surface area contributed by atoms with Gasteiger partial charge >= 0.3 is 12.1 Å². The number of alkyl halides is 3. The quantitative estimate of drug-likeness (QED) is 0.809. The molecular weight excluding hydrogens is 291 g/mol. The number of ether oxygens (including phenoxy) is 1.